The van der Waals surface area contributed by atoms with E-state index in [0.29, 0.717) is 21.9 Å². The van der Waals surface area contributed by atoms with Crippen LogP contribution in [0.15, 0.2) is 47.2 Å². The number of pyridine rings is 2. The lowest BCUT2D eigenvalue weighted by Gasteiger charge is -2.10. The molecule has 1 aromatic carbocycles. The van der Waals surface area contributed by atoms with E-state index in [1.807, 2.05) is 6.07 Å². The van der Waals surface area contributed by atoms with Gasteiger partial charge in [0.15, 0.2) is 0 Å². The SMILES string of the molecule is Fc1cc(Cl)ccc1Nc1ccnc2cc(Br)cnc12. The molecule has 0 spiro atoms. The fourth-order valence-electron chi connectivity index (χ4n) is 1.84. The number of rotatable bonds is 2. The van der Waals surface area contributed by atoms with Crippen molar-refractivity contribution < 1.29 is 4.39 Å². The zero-order valence-corrected chi connectivity index (χ0v) is 12.4. The van der Waals surface area contributed by atoms with Crippen molar-refractivity contribution in [2.75, 3.05) is 5.32 Å². The summed E-state index contributed by atoms with van der Waals surface area (Å²) in [7, 11) is 0. The fourth-order valence-corrected chi connectivity index (χ4v) is 2.32. The molecule has 0 aliphatic heterocycles. The van der Waals surface area contributed by atoms with Crippen molar-refractivity contribution in [3.8, 4) is 0 Å². The highest BCUT2D eigenvalue weighted by Crippen LogP contribution is 2.27. The summed E-state index contributed by atoms with van der Waals surface area (Å²) in [6.07, 6.45) is 3.32. The number of nitrogens with one attached hydrogen (secondary N) is 1. The van der Waals surface area contributed by atoms with Crippen LogP contribution in [-0.2, 0) is 0 Å². The maximum absolute atomic E-state index is 13.8. The van der Waals surface area contributed by atoms with Crippen molar-refractivity contribution >= 4 is 49.9 Å². The van der Waals surface area contributed by atoms with E-state index in [9.17, 15) is 4.39 Å². The van der Waals surface area contributed by atoms with Gasteiger partial charge < -0.3 is 5.32 Å². The van der Waals surface area contributed by atoms with Gasteiger partial charge in [0.2, 0.25) is 0 Å². The first-order valence-electron chi connectivity index (χ1n) is 5.76. The quantitative estimate of drug-likeness (QED) is 0.711. The van der Waals surface area contributed by atoms with Crippen LogP contribution < -0.4 is 5.32 Å². The van der Waals surface area contributed by atoms with Crippen LogP contribution in [0.25, 0.3) is 11.0 Å². The molecule has 100 valence electrons. The Hall–Kier alpha value is -1.72. The smallest absolute Gasteiger partial charge is 0.148 e. The molecule has 0 bridgehead atoms. The van der Waals surface area contributed by atoms with E-state index in [2.05, 4.69) is 31.2 Å². The van der Waals surface area contributed by atoms with Crippen LogP contribution in [0.5, 0.6) is 0 Å². The lowest BCUT2D eigenvalue weighted by molar-refractivity contribution is 0.632. The first kappa shape index (κ1) is 13.3. The summed E-state index contributed by atoms with van der Waals surface area (Å²) in [5, 5.41) is 3.37. The summed E-state index contributed by atoms with van der Waals surface area (Å²) in [5.74, 6) is -0.417. The van der Waals surface area contributed by atoms with Crippen LogP contribution >= 0.6 is 27.5 Å². The number of benzene rings is 1. The lowest BCUT2D eigenvalue weighted by Crippen LogP contribution is -1.96. The van der Waals surface area contributed by atoms with Crippen LogP contribution in [0, 0.1) is 5.82 Å². The predicted molar refractivity (Wildman–Crippen MR) is 81.9 cm³/mol. The average Bonchev–Trinajstić information content (AvgIpc) is 2.41. The highest BCUT2D eigenvalue weighted by Gasteiger charge is 2.07. The number of nitrogens with zero attached hydrogens (tertiary/aromatic N) is 2. The van der Waals surface area contributed by atoms with Gasteiger partial charge in [-0.05, 0) is 46.3 Å². The van der Waals surface area contributed by atoms with E-state index in [4.69, 9.17) is 11.6 Å². The molecular weight excluding hydrogens is 345 g/mol. The largest absolute Gasteiger partial charge is 0.351 e. The molecule has 3 rings (SSSR count). The molecule has 0 radical (unpaired) electrons. The van der Waals surface area contributed by atoms with Crippen LogP contribution in [0.4, 0.5) is 15.8 Å². The van der Waals surface area contributed by atoms with E-state index in [1.54, 1.807) is 30.6 Å². The van der Waals surface area contributed by atoms with E-state index in [-0.39, 0.29) is 0 Å². The van der Waals surface area contributed by atoms with E-state index < -0.39 is 5.82 Å². The Kier molecular flexibility index (Phi) is 3.54. The van der Waals surface area contributed by atoms with Crippen molar-refractivity contribution in [1.29, 1.82) is 0 Å². The van der Waals surface area contributed by atoms with E-state index in [1.165, 1.54) is 6.07 Å². The number of aromatic nitrogens is 2. The average molecular weight is 353 g/mol. The van der Waals surface area contributed by atoms with Crippen LogP contribution in [0.2, 0.25) is 5.02 Å². The molecule has 0 unspecified atom stereocenters. The van der Waals surface area contributed by atoms with Crippen molar-refractivity contribution in [3.05, 3.63) is 58.0 Å². The summed E-state index contributed by atoms with van der Waals surface area (Å²) in [5.41, 5.74) is 2.42. The minimum Gasteiger partial charge on any atom is -0.351 e. The molecule has 20 heavy (non-hydrogen) atoms. The molecule has 0 aliphatic carbocycles. The Morgan fingerprint density at radius 3 is 2.75 bits per heavy atom. The van der Waals surface area contributed by atoms with Gasteiger partial charge in [-0.2, -0.15) is 0 Å². The molecule has 3 aromatic rings. The molecule has 2 heterocycles. The molecule has 0 fully saturated rings. The molecule has 0 saturated heterocycles. The minimum absolute atomic E-state index is 0.339. The third kappa shape index (κ3) is 2.59. The molecule has 0 saturated carbocycles. The molecule has 0 aliphatic rings. The third-order valence-corrected chi connectivity index (χ3v) is 3.41. The second kappa shape index (κ2) is 5.34. The molecular formula is C14H8BrClFN3. The monoisotopic (exact) mass is 351 g/mol. The summed E-state index contributed by atoms with van der Waals surface area (Å²) in [6.45, 7) is 0. The zero-order valence-electron chi connectivity index (χ0n) is 10.1. The van der Waals surface area contributed by atoms with Gasteiger partial charge in [0, 0.05) is 21.9 Å². The minimum atomic E-state index is -0.417. The fraction of sp³-hybridized carbons (Fsp3) is 0. The highest BCUT2D eigenvalue weighted by atomic mass is 79.9. The van der Waals surface area contributed by atoms with Crippen molar-refractivity contribution in [2.24, 2.45) is 0 Å². The molecule has 1 N–H and O–H groups in total. The number of anilines is 2. The Labute approximate surface area is 127 Å². The molecule has 0 amide bonds. The van der Waals surface area contributed by atoms with Crippen molar-refractivity contribution in [1.82, 2.24) is 9.97 Å². The third-order valence-electron chi connectivity index (χ3n) is 2.74. The molecule has 3 nitrogen and oxygen atoms in total. The summed E-state index contributed by atoms with van der Waals surface area (Å²) in [6, 6.07) is 8.07. The normalized spacial score (nSPS) is 10.8. The molecule has 6 heteroatoms. The molecule has 2 aromatic heterocycles. The first-order chi connectivity index (χ1) is 9.63. The second-order valence-electron chi connectivity index (χ2n) is 4.13. The Balaban J connectivity index is 2.06. The van der Waals surface area contributed by atoms with E-state index in [0.717, 1.165) is 9.99 Å². The van der Waals surface area contributed by atoms with Crippen LogP contribution in [-0.4, -0.2) is 9.97 Å². The van der Waals surface area contributed by atoms with Gasteiger partial charge >= 0.3 is 0 Å². The lowest BCUT2D eigenvalue weighted by atomic mass is 10.2. The predicted octanol–water partition coefficient (Wildman–Crippen LogP) is 4.93. The number of halogens is 3. The Bertz CT molecular complexity index is 794. The number of fused-ring (bicyclic) bond motifs is 1. The van der Waals surface area contributed by atoms with Gasteiger partial charge in [-0.1, -0.05) is 11.6 Å². The maximum Gasteiger partial charge on any atom is 0.148 e. The van der Waals surface area contributed by atoms with Gasteiger partial charge in [-0.3, -0.25) is 9.97 Å². The highest BCUT2D eigenvalue weighted by molar-refractivity contribution is 9.10. The maximum atomic E-state index is 13.8. The Morgan fingerprint density at radius 2 is 1.95 bits per heavy atom. The number of hydrogen-bond donors (Lipinski definition) is 1. The van der Waals surface area contributed by atoms with Gasteiger partial charge in [-0.25, -0.2) is 4.39 Å². The van der Waals surface area contributed by atoms with Gasteiger partial charge in [0.25, 0.3) is 0 Å². The zero-order chi connectivity index (χ0) is 14.1. The van der Waals surface area contributed by atoms with Gasteiger partial charge in [0.1, 0.15) is 11.3 Å². The van der Waals surface area contributed by atoms with Crippen LogP contribution in [0.3, 0.4) is 0 Å². The topological polar surface area (TPSA) is 37.8 Å². The van der Waals surface area contributed by atoms with Crippen LogP contribution in [0.1, 0.15) is 0 Å². The van der Waals surface area contributed by atoms with E-state index >= 15 is 0 Å². The van der Waals surface area contributed by atoms with Gasteiger partial charge in [-0.15, -0.1) is 0 Å². The van der Waals surface area contributed by atoms with Gasteiger partial charge in [0.05, 0.1) is 16.9 Å². The van der Waals surface area contributed by atoms with Crippen molar-refractivity contribution in [3.63, 3.8) is 0 Å². The summed E-state index contributed by atoms with van der Waals surface area (Å²) < 4.78 is 14.6. The summed E-state index contributed by atoms with van der Waals surface area (Å²) >= 11 is 9.08. The molecule has 0 atom stereocenters. The number of hydrogen-bond acceptors (Lipinski definition) is 3. The first-order valence-corrected chi connectivity index (χ1v) is 6.93. The van der Waals surface area contributed by atoms with Crippen molar-refractivity contribution in [2.45, 2.75) is 0 Å². The Morgan fingerprint density at radius 1 is 1.10 bits per heavy atom. The second-order valence-corrected chi connectivity index (χ2v) is 5.48. The standard InChI is InChI=1S/C14H8BrClFN3/c15-8-5-13-14(19-7-8)12(3-4-18-13)20-11-2-1-9(16)6-10(11)17/h1-7H,(H,18,20). The summed E-state index contributed by atoms with van der Waals surface area (Å²) in [4.78, 5) is 8.54.